The van der Waals surface area contributed by atoms with E-state index in [-0.39, 0.29) is 29.8 Å². The van der Waals surface area contributed by atoms with Crippen molar-refractivity contribution in [3.8, 4) is 0 Å². The maximum atomic E-state index is 12.9. The van der Waals surface area contributed by atoms with Crippen LogP contribution in [0.1, 0.15) is 31.9 Å². The zero-order valence-electron chi connectivity index (χ0n) is 9.40. The second kappa shape index (κ2) is 4.70. The molecule has 0 aliphatic carbocycles. The summed E-state index contributed by atoms with van der Waals surface area (Å²) in [5, 5.41) is 13.2. The van der Waals surface area contributed by atoms with Gasteiger partial charge in [-0.1, -0.05) is 12.1 Å². The van der Waals surface area contributed by atoms with Gasteiger partial charge < -0.3 is 10.4 Å². The smallest absolute Gasteiger partial charge is 0.123 e. The topological polar surface area (TPSA) is 32.3 Å². The molecule has 1 unspecified atom stereocenters. The van der Waals surface area contributed by atoms with Gasteiger partial charge in [-0.05, 0) is 38.0 Å². The van der Waals surface area contributed by atoms with E-state index >= 15 is 0 Å². The quantitative estimate of drug-likeness (QED) is 0.839. The predicted molar refractivity (Wildman–Crippen MR) is 64.2 cm³/mol. The molecule has 1 aliphatic heterocycles. The summed E-state index contributed by atoms with van der Waals surface area (Å²) < 4.78 is 12.9. The van der Waals surface area contributed by atoms with Crippen molar-refractivity contribution in [1.82, 2.24) is 5.32 Å². The molecule has 16 heavy (non-hydrogen) atoms. The molecule has 0 spiro atoms. The van der Waals surface area contributed by atoms with E-state index in [1.807, 2.05) is 0 Å². The number of nitrogens with one attached hydrogen (secondary N) is 1. The molecule has 0 aromatic heterocycles. The maximum Gasteiger partial charge on any atom is 0.123 e. The molecular weight excluding hydrogens is 229 g/mol. The van der Waals surface area contributed by atoms with Gasteiger partial charge in [0, 0.05) is 11.6 Å². The Balaban J connectivity index is 0.00000128. The lowest BCUT2D eigenvalue weighted by Gasteiger charge is -2.46. The van der Waals surface area contributed by atoms with Gasteiger partial charge in [0.25, 0.3) is 0 Å². The fourth-order valence-corrected chi connectivity index (χ4v) is 2.14. The molecule has 2 nitrogen and oxygen atoms in total. The maximum absolute atomic E-state index is 12.9. The van der Waals surface area contributed by atoms with E-state index in [1.54, 1.807) is 12.1 Å². The largest absolute Gasteiger partial charge is 0.387 e. The van der Waals surface area contributed by atoms with Crippen molar-refractivity contribution in [3.63, 3.8) is 0 Å². The van der Waals surface area contributed by atoms with Crippen LogP contribution in [0.5, 0.6) is 0 Å². The van der Waals surface area contributed by atoms with Gasteiger partial charge in [-0.15, -0.1) is 12.4 Å². The summed E-state index contributed by atoms with van der Waals surface area (Å²) in [4.78, 5) is 0. The van der Waals surface area contributed by atoms with Crippen LogP contribution in [0.3, 0.4) is 0 Å². The third-order valence-corrected chi connectivity index (χ3v) is 2.88. The van der Waals surface area contributed by atoms with Gasteiger partial charge in [0.15, 0.2) is 0 Å². The summed E-state index contributed by atoms with van der Waals surface area (Å²) in [7, 11) is 0. The summed E-state index contributed by atoms with van der Waals surface area (Å²) in [5.74, 6) is -0.301. The van der Waals surface area contributed by atoms with E-state index in [4.69, 9.17) is 0 Å². The number of aliphatic hydroxyl groups excluding tert-OH is 1. The number of halogens is 2. The van der Waals surface area contributed by atoms with Crippen LogP contribution in [-0.4, -0.2) is 16.7 Å². The average Bonchev–Trinajstić information content (AvgIpc) is 2.13. The van der Waals surface area contributed by atoms with Crippen molar-refractivity contribution in [2.75, 3.05) is 0 Å². The van der Waals surface area contributed by atoms with Gasteiger partial charge in [-0.3, -0.25) is 0 Å². The first-order chi connectivity index (χ1) is 6.98. The molecule has 1 aromatic rings. The lowest BCUT2D eigenvalue weighted by atomic mass is 9.80. The van der Waals surface area contributed by atoms with Gasteiger partial charge in [0.2, 0.25) is 0 Å². The van der Waals surface area contributed by atoms with Gasteiger partial charge in [-0.2, -0.15) is 0 Å². The summed E-state index contributed by atoms with van der Waals surface area (Å²) in [6.07, 6.45) is 0.290. The van der Waals surface area contributed by atoms with Crippen molar-refractivity contribution < 1.29 is 9.50 Å². The first-order valence-corrected chi connectivity index (χ1v) is 5.19. The van der Waals surface area contributed by atoms with Crippen LogP contribution in [0.2, 0.25) is 0 Å². The number of aliphatic hydroxyl groups is 1. The second-order valence-electron chi connectivity index (χ2n) is 4.84. The Morgan fingerprint density at radius 1 is 1.50 bits per heavy atom. The lowest BCUT2D eigenvalue weighted by molar-refractivity contribution is 0.0388. The second-order valence-corrected chi connectivity index (χ2v) is 4.84. The van der Waals surface area contributed by atoms with Gasteiger partial charge in [0.1, 0.15) is 5.82 Å². The number of hydrogen-bond donors (Lipinski definition) is 2. The van der Waals surface area contributed by atoms with Crippen LogP contribution in [0.15, 0.2) is 24.3 Å². The van der Waals surface area contributed by atoms with Gasteiger partial charge >= 0.3 is 0 Å². The molecule has 90 valence electrons. The highest BCUT2D eigenvalue weighted by Gasteiger charge is 2.39. The molecule has 0 radical (unpaired) electrons. The summed E-state index contributed by atoms with van der Waals surface area (Å²) in [6, 6.07) is 6.19. The van der Waals surface area contributed by atoms with Crippen molar-refractivity contribution in [2.24, 2.45) is 0 Å². The van der Waals surface area contributed by atoms with Crippen LogP contribution in [-0.2, 0) is 0 Å². The molecular formula is C12H17ClFNO. The minimum atomic E-state index is -0.617. The highest BCUT2D eigenvalue weighted by atomic mass is 35.5. The number of rotatable bonds is 2. The monoisotopic (exact) mass is 245 g/mol. The predicted octanol–water partition coefficient (Wildman–Crippen LogP) is 2.42. The van der Waals surface area contributed by atoms with Gasteiger partial charge in [-0.25, -0.2) is 4.39 Å². The SMILES string of the molecule is CC1(C)C[C@@H](C(O)c2cccc(F)c2)N1.Cl. The van der Waals surface area contributed by atoms with Gasteiger partial charge in [0.05, 0.1) is 6.10 Å². The minimum absolute atomic E-state index is 0. The van der Waals surface area contributed by atoms with Crippen LogP contribution >= 0.6 is 12.4 Å². The molecule has 4 heteroatoms. The molecule has 1 aliphatic rings. The van der Waals surface area contributed by atoms with Crippen molar-refractivity contribution in [1.29, 1.82) is 0 Å². The van der Waals surface area contributed by atoms with Crippen LogP contribution in [0.25, 0.3) is 0 Å². The molecule has 1 fully saturated rings. The van der Waals surface area contributed by atoms with Crippen molar-refractivity contribution in [2.45, 2.75) is 38.0 Å². The molecule has 0 amide bonds. The lowest BCUT2D eigenvalue weighted by Crippen LogP contribution is -2.61. The van der Waals surface area contributed by atoms with Crippen LogP contribution in [0.4, 0.5) is 4.39 Å². The highest BCUT2D eigenvalue weighted by Crippen LogP contribution is 2.32. The highest BCUT2D eigenvalue weighted by molar-refractivity contribution is 5.85. The Morgan fingerprint density at radius 2 is 2.12 bits per heavy atom. The summed E-state index contributed by atoms with van der Waals surface area (Å²) in [5.41, 5.74) is 0.738. The first-order valence-electron chi connectivity index (χ1n) is 5.19. The molecule has 0 bridgehead atoms. The molecule has 1 aromatic carbocycles. The third-order valence-electron chi connectivity index (χ3n) is 2.88. The fourth-order valence-electron chi connectivity index (χ4n) is 2.14. The van der Waals surface area contributed by atoms with E-state index in [2.05, 4.69) is 19.2 Å². The van der Waals surface area contributed by atoms with Crippen molar-refractivity contribution in [3.05, 3.63) is 35.6 Å². The van der Waals surface area contributed by atoms with E-state index in [1.165, 1.54) is 12.1 Å². The zero-order valence-corrected chi connectivity index (χ0v) is 10.2. The zero-order chi connectivity index (χ0) is 11.1. The Hall–Kier alpha value is -0.640. The van der Waals surface area contributed by atoms with E-state index in [9.17, 15) is 9.50 Å². The van der Waals surface area contributed by atoms with E-state index < -0.39 is 6.10 Å². The molecule has 1 saturated heterocycles. The van der Waals surface area contributed by atoms with Crippen LogP contribution < -0.4 is 5.32 Å². The Bertz CT molecular complexity index is 362. The Kier molecular flexibility index (Phi) is 3.94. The van der Waals surface area contributed by atoms with E-state index in [0.29, 0.717) is 5.56 Å². The molecule has 2 rings (SSSR count). The Morgan fingerprint density at radius 3 is 2.62 bits per heavy atom. The summed E-state index contributed by atoms with van der Waals surface area (Å²) >= 11 is 0. The fraction of sp³-hybridized carbons (Fsp3) is 0.500. The standard InChI is InChI=1S/C12H16FNO.ClH/c1-12(2)7-10(14-12)11(15)8-4-3-5-9(13)6-8;/h3-6,10-11,14-15H,7H2,1-2H3;1H/t10-,11?;/m0./s1. The molecule has 0 saturated carbocycles. The molecule has 2 N–H and O–H groups in total. The average molecular weight is 246 g/mol. The number of benzene rings is 1. The third kappa shape index (κ3) is 2.73. The molecule has 2 atom stereocenters. The first kappa shape index (κ1) is 13.4. The van der Waals surface area contributed by atoms with Crippen LogP contribution in [0, 0.1) is 5.82 Å². The normalized spacial score (nSPS) is 24.1. The van der Waals surface area contributed by atoms with Crippen molar-refractivity contribution >= 4 is 12.4 Å². The molecule has 1 heterocycles. The summed E-state index contributed by atoms with van der Waals surface area (Å²) in [6.45, 7) is 4.17. The van der Waals surface area contributed by atoms with E-state index in [0.717, 1.165) is 6.42 Å². The minimum Gasteiger partial charge on any atom is -0.387 e. The number of hydrogen-bond acceptors (Lipinski definition) is 2. The Labute approximate surface area is 101 Å².